The van der Waals surface area contributed by atoms with Crippen molar-refractivity contribution in [3.05, 3.63) is 30.1 Å². The number of rotatable bonds is 7. The van der Waals surface area contributed by atoms with Gasteiger partial charge in [0.15, 0.2) is 0 Å². The van der Waals surface area contributed by atoms with E-state index in [4.69, 9.17) is 0 Å². The van der Waals surface area contributed by atoms with Crippen LogP contribution in [0.5, 0.6) is 0 Å². The minimum atomic E-state index is -0.308. The van der Waals surface area contributed by atoms with E-state index in [-0.39, 0.29) is 17.9 Å². The summed E-state index contributed by atoms with van der Waals surface area (Å²) in [5.74, 6) is 2.02. The molecule has 1 atom stereocenters. The summed E-state index contributed by atoms with van der Waals surface area (Å²) in [5.41, 5.74) is 1.03. The predicted octanol–water partition coefficient (Wildman–Crippen LogP) is 2.08. The van der Waals surface area contributed by atoms with Crippen LogP contribution in [0.2, 0.25) is 0 Å². The second-order valence-electron chi connectivity index (χ2n) is 6.15. The van der Waals surface area contributed by atoms with Crippen molar-refractivity contribution >= 4 is 23.6 Å². The third-order valence-corrected chi connectivity index (χ3v) is 4.77. The molecule has 1 fully saturated rings. The van der Waals surface area contributed by atoms with Gasteiger partial charge in [0.1, 0.15) is 6.04 Å². The fraction of sp³-hybridized carbons (Fsp3) is 0.588. The van der Waals surface area contributed by atoms with Crippen LogP contribution in [0.4, 0.5) is 0 Å². The van der Waals surface area contributed by atoms with Gasteiger partial charge in [-0.15, -0.1) is 0 Å². The molecule has 0 bridgehead atoms. The molecule has 1 unspecified atom stereocenters. The molecule has 6 heteroatoms. The minimum Gasteiger partial charge on any atom is -0.353 e. The van der Waals surface area contributed by atoms with Crippen LogP contribution in [0.3, 0.4) is 0 Å². The topological polar surface area (TPSA) is 62.3 Å². The Morgan fingerprint density at radius 3 is 3.00 bits per heavy atom. The normalized spacial score (nSPS) is 18.1. The lowest BCUT2D eigenvalue weighted by Gasteiger charge is -2.36. The molecule has 5 nitrogen and oxygen atoms in total. The van der Waals surface area contributed by atoms with Crippen LogP contribution in [0.25, 0.3) is 0 Å². The first-order valence-electron chi connectivity index (χ1n) is 8.12. The van der Waals surface area contributed by atoms with E-state index in [0.717, 1.165) is 23.6 Å². The maximum atomic E-state index is 12.5. The third kappa shape index (κ3) is 5.53. The van der Waals surface area contributed by atoms with Crippen LogP contribution < -0.4 is 5.32 Å². The molecule has 126 valence electrons. The molecule has 0 aliphatic carbocycles. The first-order valence-corrected chi connectivity index (χ1v) is 9.28. The maximum absolute atomic E-state index is 12.5. The van der Waals surface area contributed by atoms with Gasteiger partial charge in [0.25, 0.3) is 0 Å². The minimum absolute atomic E-state index is 0.0144. The molecule has 2 heterocycles. The molecular formula is C17H25N3O2S. The van der Waals surface area contributed by atoms with E-state index in [1.165, 1.54) is 0 Å². The summed E-state index contributed by atoms with van der Waals surface area (Å²) in [6, 6.07) is 5.55. The van der Waals surface area contributed by atoms with Gasteiger partial charge in [0.2, 0.25) is 11.8 Å². The highest BCUT2D eigenvalue weighted by Crippen LogP contribution is 2.17. The molecule has 2 amide bonds. The lowest BCUT2D eigenvalue weighted by molar-refractivity contribution is -0.143. The smallest absolute Gasteiger partial charge is 0.242 e. The maximum Gasteiger partial charge on any atom is 0.242 e. The van der Waals surface area contributed by atoms with Gasteiger partial charge in [-0.2, -0.15) is 11.8 Å². The number of pyridine rings is 1. The molecule has 1 aromatic rings. The number of amides is 2. The quantitative estimate of drug-likeness (QED) is 0.775. The highest BCUT2D eigenvalue weighted by atomic mass is 32.2. The molecule has 2 rings (SSSR count). The van der Waals surface area contributed by atoms with Crippen molar-refractivity contribution in [2.45, 2.75) is 38.5 Å². The van der Waals surface area contributed by atoms with Gasteiger partial charge in [0.05, 0.1) is 5.69 Å². The Morgan fingerprint density at radius 2 is 2.30 bits per heavy atom. The van der Waals surface area contributed by atoms with E-state index in [0.29, 0.717) is 25.4 Å². The number of hydrogen-bond donors (Lipinski definition) is 1. The lowest BCUT2D eigenvalue weighted by atomic mass is 10.00. The van der Waals surface area contributed by atoms with Crippen LogP contribution in [-0.4, -0.2) is 46.6 Å². The van der Waals surface area contributed by atoms with Crippen LogP contribution in [-0.2, 0) is 15.3 Å². The summed E-state index contributed by atoms with van der Waals surface area (Å²) in [5, 5.41) is 2.86. The molecule has 23 heavy (non-hydrogen) atoms. The van der Waals surface area contributed by atoms with E-state index in [2.05, 4.69) is 24.1 Å². The molecule has 0 aromatic carbocycles. The number of carbonyl (C=O) groups is 2. The van der Waals surface area contributed by atoms with E-state index in [1.807, 2.05) is 18.2 Å². The standard InChI is InChI=1S/C17H25N3O2S/c1-13(2)11-15-17(22)19-8-9-20(15)16(21)6-10-23-12-14-5-3-4-7-18-14/h3-5,7,13,15H,6,8-12H2,1-2H3,(H,19,22). The number of thioether (sulfide) groups is 1. The van der Waals surface area contributed by atoms with Crippen LogP contribution in [0.15, 0.2) is 24.4 Å². The zero-order valence-electron chi connectivity index (χ0n) is 13.8. The van der Waals surface area contributed by atoms with E-state index >= 15 is 0 Å². The second-order valence-corrected chi connectivity index (χ2v) is 7.25. The number of nitrogens with zero attached hydrogens (tertiary/aromatic N) is 2. The lowest BCUT2D eigenvalue weighted by Crippen LogP contribution is -2.57. The van der Waals surface area contributed by atoms with Gasteiger partial charge in [-0.3, -0.25) is 14.6 Å². The summed E-state index contributed by atoms with van der Waals surface area (Å²) in [6.07, 6.45) is 2.97. The van der Waals surface area contributed by atoms with Crippen molar-refractivity contribution in [1.82, 2.24) is 15.2 Å². The summed E-state index contributed by atoms with van der Waals surface area (Å²) in [6.45, 7) is 5.33. The van der Waals surface area contributed by atoms with Crippen LogP contribution in [0, 0.1) is 5.92 Å². The second kappa shape index (κ2) is 8.91. The monoisotopic (exact) mass is 335 g/mol. The molecular weight excluding hydrogens is 310 g/mol. The average molecular weight is 335 g/mol. The fourth-order valence-corrected chi connectivity index (χ4v) is 3.50. The first-order chi connectivity index (χ1) is 11.1. The van der Waals surface area contributed by atoms with Gasteiger partial charge in [-0.25, -0.2) is 0 Å². The van der Waals surface area contributed by atoms with Crippen molar-refractivity contribution in [3.63, 3.8) is 0 Å². The SMILES string of the molecule is CC(C)CC1C(=O)NCCN1C(=O)CCSCc1ccccn1. The number of aromatic nitrogens is 1. The molecule has 1 aliphatic rings. The van der Waals surface area contributed by atoms with Crippen LogP contribution >= 0.6 is 11.8 Å². The fourth-order valence-electron chi connectivity index (χ4n) is 2.66. The Morgan fingerprint density at radius 1 is 1.48 bits per heavy atom. The third-order valence-electron chi connectivity index (χ3n) is 3.78. The summed E-state index contributed by atoms with van der Waals surface area (Å²) in [4.78, 5) is 30.5. The Bertz CT molecular complexity index is 522. The highest BCUT2D eigenvalue weighted by molar-refractivity contribution is 7.98. The largest absolute Gasteiger partial charge is 0.353 e. The summed E-state index contributed by atoms with van der Waals surface area (Å²) < 4.78 is 0. The Hall–Kier alpha value is -1.56. The average Bonchev–Trinajstić information content (AvgIpc) is 2.54. The number of piperazine rings is 1. The molecule has 1 saturated heterocycles. The van der Waals surface area contributed by atoms with Crippen molar-refractivity contribution in [2.24, 2.45) is 5.92 Å². The van der Waals surface area contributed by atoms with Crippen molar-refractivity contribution in [2.75, 3.05) is 18.8 Å². The molecule has 1 N–H and O–H groups in total. The molecule has 1 aliphatic heterocycles. The molecule has 0 saturated carbocycles. The first kappa shape index (κ1) is 17.8. The van der Waals surface area contributed by atoms with Gasteiger partial charge in [0, 0.05) is 37.2 Å². The molecule has 1 aromatic heterocycles. The summed E-state index contributed by atoms with van der Waals surface area (Å²) >= 11 is 1.70. The molecule has 0 spiro atoms. The number of hydrogen-bond acceptors (Lipinski definition) is 4. The predicted molar refractivity (Wildman–Crippen MR) is 93.0 cm³/mol. The molecule has 0 radical (unpaired) electrons. The Balaban J connectivity index is 1.79. The zero-order valence-corrected chi connectivity index (χ0v) is 14.6. The van der Waals surface area contributed by atoms with E-state index in [9.17, 15) is 9.59 Å². The van der Waals surface area contributed by atoms with Crippen molar-refractivity contribution < 1.29 is 9.59 Å². The van der Waals surface area contributed by atoms with Crippen molar-refractivity contribution in [1.29, 1.82) is 0 Å². The highest BCUT2D eigenvalue weighted by Gasteiger charge is 2.32. The van der Waals surface area contributed by atoms with Gasteiger partial charge >= 0.3 is 0 Å². The Labute approximate surface area is 142 Å². The van der Waals surface area contributed by atoms with Crippen molar-refractivity contribution in [3.8, 4) is 0 Å². The Kier molecular flexibility index (Phi) is 6.89. The van der Waals surface area contributed by atoms with E-state index in [1.54, 1.807) is 22.9 Å². The number of nitrogens with one attached hydrogen (secondary N) is 1. The van der Waals surface area contributed by atoms with Gasteiger partial charge in [-0.05, 0) is 24.5 Å². The van der Waals surface area contributed by atoms with Gasteiger partial charge in [-0.1, -0.05) is 19.9 Å². The van der Waals surface area contributed by atoms with Crippen LogP contribution in [0.1, 0.15) is 32.4 Å². The van der Waals surface area contributed by atoms with Gasteiger partial charge < -0.3 is 10.2 Å². The number of carbonyl (C=O) groups excluding carboxylic acids is 2. The zero-order chi connectivity index (χ0) is 16.7. The summed E-state index contributed by atoms with van der Waals surface area (Å²) in [7, 11) is 0. The van der Waals surface area contributed by atoms with E-state index < -0.39 is 0 Å².